The lowest BCUT2D eigenvalue weighted by atomic mass is 10.2. The molecule has 6 nitrogen and oxygen atoms in total. The number of carbonyl (C=O) groups is 1. The van der Waals surface area contributed by atoms with Gasteiger partial charge in [-0.15, -0.1) is 0 Å². The number of nitro benzene ring substituents is 1. The van der Waals surface area contributed by atoms with E-state index in [2.05, 4.69) is 5.32 Å². The molecular weight excluding hydrogens is 294 g/mol. The van der Waals surface area contributed by atoms with E-state index in [9.17, 15) is 14.9 Å². The Balaban J connectivity index is 1.90. The van der Waals surface area contributed by atoms with Crippen molar-refractivity contribution >= 4 is 17.3 Å². The Labute approximate surface area is 134 Å². The first-order valence-electron chi connectivity index (χ1n) is 7.39. The predicted octanol–water partition coefficient (Wildman–Crippen LogP) is 3.06. The van der Waals surface area contributed by atoms with E-state index >= 15 is 0 Å². The number of nitrogens with zero attached hydrogens (tertiary/aromatic N) is 2. The standard InChI is InChI=1S/C17H19N3O3/c1-2-19(12-14-6-4-3-5-7-14)13-17(21)18-15-8-10-16(11-9-15)20(22)23/h3-11H,2,12-13H2,1H3,(H,18,21). The molecule has 0 aromatic heterocycles. The van der Waals surface area contributed by atoms with Gasteiger partial charge in [-0.3, -0.25) is 19.8 Å². The van der Waals surface area contributed by atoms with Crippen molar-refractivity contribution in [2.24, 2.45) is 0 Å². The third-order valence-corrected chi connectivity index (χ3v) is 3.43. The number of nitro groups is 1. The third kappa shape index (κ3) is 5.19. The van der Waals surface area contributed by atoms with E-state index in [1.54, 1.807) is 0 Å². The lowest BCUT2D eigenvalue weighted by molar-refractivity contribution is -0.384. The molecule has 6 heteroatoms. The minimum absolute atomic E-state index is 0.00209. The van der Waals surface area contributed by atoms with E-state index in [1.807, 2.05) is 42.2 Å². The van der Waals surface area contributed by atoms with E-state index in [0.29, 0.717) is 12.2 Å². The Bertz CT molecular complexity index is 657. The van der Waals surface area contributed by atoms with Crippen LogP contribution in [0.3, 0.4) is 0 Å². The van der Waals surface area contributed by atoms with Crippen LogP contribution in [0.2, 0.25) is 0 Å². The number of rotatable bonds is 7. The fourth-order valence-corrected chi connectivity index (χ4v) is 2.19. The molecule has 23 heavy (non-hydrogen) atoms. The van der Waals surface area contributed by atoms with Gasteiger partial charge in [0.2, 0.25) is 5.91 Å². The van der Waals surface area contributed by atoms with Gasteiger partial charge in [0, 0.05) is 24.4 Å². The molecule has 1 amide bonds. The number of hydrogen-bond acceptors (Lipinski definition) is 4. The molecule has 0 aliphatic heterocycles. The lowest BCUT2D eigenvalue weighted by Crippen LogP contribution is -2.32. The van der Waals surface area contributed by atoms with Crippen LogP contribution in [-0.4, -0.2) is 28.8 Å². The van der Waals surface area contributed by atoms with Gasteiger partial charge in [-0.25, -0.2) is 0 Å². The van der Waals surface area contributed by atoms with E-state index < -0.39 is 4.92 Å². The molecule has 0 aliphatic carbocycles. The number of non-ortho nitro benzene ring substituents is 1. The maximum atomic E-state index is 12.1. The Morgan fingerprint density at radius 2 is 1.78 bits per heavy atom. The average molecular weight is 313 g/mol. The van der Waals surface area contributed by atoms with Crippen LogP contribution >= 0.6 is 0 Å². The largest absolute Gasteiger partial charge is 0.325 e. The summed E-state index contributed by atoms with van der Waals surface area (Å²) in [5, 5.41) is 13.4. The molecule has 0 radical (unpaired) electrons. The van der Waals surface area contributed by atoms with Gasteiger partial charge >= 0.3 is 0 Å². The smallest absolute Gasteiger partial charge is 0.269 e. The molecule has 0 unspecified atom stereocenters. The van der Waals surface area contributed by atoms with Crippen molar-refractivity contribution < 1.29 is 9.72 Å². The van der Waals surface area contributed by atoms with Crippen LogP contribution in [0.25, 0.3) is 0 Å². The Hall–Kier alpha value is -2.73. The molecule has 0 aliphatic rings. The van der Waals surface area contributed by atoms with Crippen molar-refractivity contribution in [3.8, 4) is 0 Å². The Kier molecular flexibility index (Phi) is 5.82. The summed E-state index contributed by atoms with van der Waals surface area (Å²) in [6, 6.07) is 15.8. The topological polar surface area (TPSA) is 75.5 Å². The summed E-state index contributed by atoms with van der Waals surface area (Å²) in [7, 11) is 0. The van der Waals surface area contributed by atoms with Gasteiger partial charge in [0.25, 0.3) is 5.69 Å². The summed E-state index contributed by atoms with van der Waals surface area (Å²) in [6.45, 7) is 3.72. The van der Waals surface area contributed by atoms with Crippen LogP contribution in [-0.2, 0) is 11.3 Å². The van der Waals surface area contributed by atoms with Gasteiger partial charge in [-0.05, 0) is 24.2 Å². The summed E-state index contributed by atoms with van der Waals surface area (Å²) in [6.07, 6.45) is 0. The van der Waals surface area contributed by atoms with Crippen molar-refractivity contribution in [3.63, 3.8) is 0 Å². The van der Waals surface area contributed by atoms with Gasteiger partial charge in [0.05, 0.1) is 11.5 Å². The first-order chi connectivity index (χ1) is 11.1. The number of hydrogen-bond donors (Lipinski definition) is 1. The molecule has 120 valence electrons. The molecular formula is C17H19N3O3. The number of anilines is 1. The molecule has 1 N–H and O–H groups in total. The first-order valence-corrected chi connectivity index (χ1v) is 7.39. The number of amides is 1. The monoisotopic (exact) mass is 313 g/mol. The van der Waals surface area contributed by atoms with Crippen molar-refractivity contribution in [1.82, 2.24) is 4.90 Å². The molecule has 0 heterocycles. The highest BCUT2D eigenvalue weighted by Gasteiger charge is 2.11. The molecule has 0 atom stereocenters. The van der Waals surface area contributed by atoms with Crippen LogP contribution in [0.5, 0.6) is 0 Å². The van der Waals surface area contributed by atoms with Gasteiger partial charge in [-0.2, -0.15) is 0 Å². The van der Waals surface area contributed by atoms with E-state index in [0.717, 1.165) is 12.1 Å². The summed E-state index contributed by atoms with van der Waals surface area (Å²) < 4.78 is 0. The first kappa shape index (κ1) is 16.6. The molecule has 0 spiro atoms. The summed E-state index contributed by atoms with van der Waals surface area (Å²) in [5.41, 5.74) is 1.70. The molecule has 0 bridgehead atoms. The fourth-order valence-electron chi connectivity index (χ4n) is 2.19. The molecule has 0 saturated carbocycles. The van der Waals surface area contributed by atoms with E-state index in [1.165, 1.54) is 24.3 Å². The zero-order chi connectivity index (χ0) is 16.7. The number of likely N-dealkylation sites (N-methyl/N-ethyl adjacent to an activating group) is 1. The lowest BCUT2D eigenvalue weighted by Gasteiger charge is -2.19. The minimum Gasteiger partial charge on any atom is -0.325 e. The number of carbonyl (C=O) groups excluding carboxylic acids is 1. The summed E-state index contributed by atoms with van der Waals surface area (Å²) >= 11 is 0. The highest BCUT2D eigenvalue weighted by atomic mass is 16.6. The highest BCUT2D eigenvalue weighted by molar-refractivity contribution is 5.92. The van der Waals surface area contributed by atoms with Gasteiger partial charge < -0.3 is 5.32 Å². The average Bonchev–Trinajstić information content (AvgIpc) is 2.55. The number of benzene rings is 2. The second-order valence-electron chi connectivity index (χ2n) is 5.14. The molecule has 2 rings (SSSR count). The molecule has 0 fully saturated rings. The van der Waals surface area contributed by atoms with Crippen molar-refractivity contribution in [2.45, 2.75) is 13.5 Å². The van der Waals surface area contributed by atoms with Crippen LogP contribution < -0.4 is 5.32 Å². The Morgan fingerprint density at radius 1 is 1.13 bits per heavy atom. The maximum absolute atomic E-state index is 12.1. The van der Waals surface area contributed by atoms with Crippen LogP contribution in [0.1, 0.15) is 12.5 Å². The molecule has 0 saturated heterocycles. The molecule has 2 aromatic carbocycles. The summed E-state index contributed by atoms with van der Waals surface area (Å²) in [4.78, 5) is 24.3. The normalized spacial score (nSPS) is 10.5. The number of nitrogens with one attached hydrogen (secondary N) is 1. The minimum atomic E-state index is -0.468. The third-order valence-electron chi connectivity index (χ3n) is 3.43. The quantitative estimate of drug-likeness (QED) is 0.629. The van der Waals surface area contributed by atoms with Crippen LogP contribution in [0, 0.1) is 10.1 Å². The second kappa shape index (κ2) is 8.05. The second-order valence-corrected chi connectivity index (χ2v) is 5.14. The fraction of sp³-hybridized carbons (Fsp3) is 0.235. The van der Waals surface area contributed by atoms with Gasteiger partial charge in [0.15, 0.2) is 0 Å². The van der Waals surface area contributed by atoms with Crippen molar-refractivity contribution in [2.75, 3.05) is 18.4 Å². The highest BCUT2D eigenvalue weighted by Crippen LogP contribution is 2.15. The summed E-state index contributed by atoms with van der Waals surface area (Å²) in [5.74, 6) is -0.142. The zero-order valence-corrected chi connectivity index (χ0v) is 12.9. The SMILES string of the molecule is CCN(CC(=O)Nc1ccc([N+](=O)[O-])cc1)Cc1ccccc1. The molecule has 2 aromatic rings. The predicted molar refractivity (Wildman–Crippen MR) is 89.1 cm³/mol. The maximum Gasteiger partial charge on any atom is 0.269 e. The van der Waals surface area contributed by atoms with Crippen molar-refractivity contribution in [3.05, 3.63) is 70.3 Å². The van der Waals surface area contributed by atoms with E-state index in [-0.39, 0.29) is 18.1 Å². The van der Waals surface area contributed by atoms with Crippen LogP contribution in [0.4, 0.5) is 11.4 Å². The van der Waals surface area contributed by atoms with Crippen LogP contribution in [0.15, 0.2) is 54.6 Å². The van der Waals surface area contributed by atoms with Gasteiger partial charge in [0.1, 0.15) is 0 Å². The van der Waals surface area contributed by atoms with Gasteiger partial charge in [-0.1, -0.05) is 37.3 Å². The zero-order valence-electron chi connectivity index (χ0n) is 12.9. The Morgan fingerprint density at radius 3 is 2.35 bits per heavy atom. The van der Waals surface area contributed by atoms with Crippen molar-refractivity contribution in [1.29, 1.82) is 0 Å². The van der Waals surface area contributed by atoms with E-state index in [4.69, 9.17) is 0 Å².